The lowest BCUT2D eigenvalue weighted by Crippen LogP contribution is -2.41. The molecule has 0 bridgehead atoms. The molecular weight excluding hydrogens is 367 g/mol. The van der Waals surface area contributed by atoms with E-state index >= 15 is 0 Å². The van der Waals surface area contributed by atoms with Crippen molar-refractivity contribution in [2.75, 3.05) is 20.2 Å². The first-order valence-electron chi connectivity index (χ1n) is 10.4. The molecule has 2 aromatic rings. The van der Waals surface area contributed by atoms with Gasteiger partial charge in [0.1, 0.15) is 11.6 Å². The van der Waals surface area contributed by atoms with Crippen LogP contribution in [0, 0.1) is 18.7 Å². The van der Waals surface area contributed by atoms with Gasteiger partial charge in [0.2, 0.25) is 5.91 Å². The normalized spacial score (nSPS) is 16.4. The van der Waals surface area contributed by atoms with Gasteiger partial charge in [-0.3, -0.25) is 9.69 Å². The van der Waals surface area contributed by atoms with Crippen molar-refractivity contribution in [3.8, 4) is 5.75 Å². The van der Waals surface area contributed by atoms with Gasteiger partial charge in [-0.15, -0.1) is 0 Å². The Balaban J connectivity index is 1.54. The Kier molecular flexibility index (Phi) is 7.26. The number of nitrogens with one attached hydrogen (secondary N) is 1. The number of ether oxygens (including phenoxy) is 1. The van der Waals surface area contributed by atoms with Crippen molar-refractivity contribution in [1.29, 1.82) is 0 Å². The summed E-state index contributed by atoms with van der Waals surface area (Å²) < 4.78 is 19.2. The average molecular weight is 399 g/mol. The zero-order valence-electron chi connectivity index (χ0n) is 17.6. The maximum Gasteiger partial charge on any atom is 0.223 e. The van der Waals surface area contributed by atoms with E-state index in [2.05, 4.69) is 23.2 Å². The molecule has 0 aromatic heterocycles. The molecule has 1 aliphatic rings. The molecule has 0 aliphatic carbocycles. The first-order valence-corrected chi connectivity index (χ1v) is 10.4. The van der Waals surface area contributed by atoms with Gasteiger partial charge in [-0.1, -0.05) is 37.3 Å². The fraction of sp³-hybridized carbons (Fsp3) is 0.458. The molecule has 3 rings (SSSR count). The number of benzene rings is 2. The highest BCUT2D eigenvalue weighted by Crippen LogP contribution is 2.26. The molecule has 5 heteroatoms. The first kappa shape index (κ1) is 21.3. The largest absolute Gasteiger partial charge is 0.496 e. The molecule has 1 saturated heterocycles. The minimum absolute atomic E-state index is 0.00329. The van der Waals surface area contributed by atoms with Crippen LogP contribution >= 0.6 is 0 Å². The molecule has 1 aliphatic heterocycles. The van der Waals surface area contributed by atoms with Gasteiger partial charge in [-0.2, -0.15) is 0 Å². The van der Waals surface area contributed by atoms with E-state index in [0.29, 0.717) is 6.54 Å². The first-order chi connectivity index (χ1) is 14.0. The zero-order valence-corrected chi connectivity index (χ0v) is 17.6. The fourth-order valence-corrected chi connectivity index (χ4v) is 4.05. The molecule has 4 nitrogen and oxygen atoms in total. The molecule has 0 unspecified atom stereocenters. The lowest BCUT2D eigenvalue weighted by molar-refractivity contribution is -0.127. The Hall–Kier alpha value is -2.40. The Labute approximate surface area is 173 Å². The highest BCUT2D eigenvalue weighted by atomic mass is 19.1. The number of likely N-dealkylation sites (tertiary alicyclic amines) is 1. The lowest BCUT2D eigenvalue weighted by Gasteiger charge is -2.32. The summed E-state index contributed by atoms with van der Waals surface area (Å²) in [6.45, 7) is 6.32. The molecule has 1 heterocycles. The molecule has 29 heavy (non-hydrogen) atoms. The number of aryl methyl sites for hydroxylation is 1. The molecule has 1 N–H and O–H groups in total. The predicted octanol–water partition coefficient (Wildman–Crippen LogP) is 4.62. The number of amides is 1. The molecule has 1 fully saturated rings. The van der Waals surface area contributed by atoms with E-state index in [4.69, 9.17) is 4.74 Å². The number of rotatable bonds is 7. The molecule has 1 atom stereocenters. The minimum atomic E-state index is -0.159. The van der Waals surface area contributed by atoms with Crippen molar-refractivity contribution < 1.29 is 13.9 Å². The summed E-state index contributed by atoms with van der Waals surface area (Å²) in [4.78, 5) is 15.1. The molecule has 0 radical (unpaired) electrons. The van der Waals surface area contributed by atoms with Gasteiger partial charge in [0, 0.05) is 18.0 Å². The van der Waals surface area contributed by atoms with Crippen LogP contribution in [0.25, 0.3) is 0 Å². The van der Waals surface area contributed by atoms with E-state index < -0.39 is 0 Å². The second-order valence-corrected chi connectivity index (χ2v) is 7.84. The van der Waals surface area contributed by atoms with Gasteiger partial charge in [0.15, 0.2) is 0 Å². The summed E-state index contributed by atoms with van der Waals surface area (Å²) in [5, 5.41) is 3.23. The van der Waals surface area contributed by atoms with Gasteiger partial charge in [0.25, 0.3) is 0 Å². The monoisotopic (exact) mass is 398 g/mol. The van der Waals surface area contributed by atoms with Gasteiger partial charge in [-0.25, -0.2) is 4.39 Å². The summed E-state index contributed by atoms with van der Waals surface area (Å²) in [5.74, 6) is 0.834. The third-order valence-electron chi connectivity index (χ3n) is 5.86. The van der Waals surface area contributed by atoms with Crippen molar-refractivity contribution in [2.45, 2.75) is 45.7 Å². The molecule has 1 amide bonds. The fourth-order valence-electron chi connectivity index (χ4n) is 4.05. The van der Waals surface area contributed by atoms with E-state index in [1.165, 1.54) is 6.07 Å². The van der Waals surface area contributed by atoms with Gasteiger partial charge in [-0.05, 0) is 62.5 Å². The highest BCUT2D eigenvalue weighted by molar-refractivity contribution is 5.79. The summed E-state index contributed by atoms with van der Waals surface area (Å²) in [5.41, 5.74) is 2.90. The Morgan fingerprint density at radius 2 is 1.97 bits per heavy atom. The second-order valence-electron chi connectivity index (χ2n) is 7.84. The van der Waals surface area contributed by atoms with Crippen LogP contribution in [0.2, 0.25) is 0 Å². The number of hydrogen-bond acceptors (Lipinski definition) is 3. The van der Waals surface area contributed by atoms with Crippen LogP contribution in [0.3, 0.4) is 0 Å². The van der Waals surface area contributed by atoms with Crippen LogP contribution in [-0.4, -0.2) is 31.0 Å². The van der Waals surface area contributed by atoms with Crippen molar-refractivity contribution in [2.24, 2.45) is 5.92 Å². The van der Waals surface area contributed by atoms with Crippen molar-refractivity contribution >= 4 is 5.91 Å². The third-order valence-corrected chi connectivity index (χ3v) is 5.86. The average Bonchev–Trinajstić information content (AvgIpc) is 2.74. The smallest absolute Gasteiger partial charge is 0.223 e. The van der Waals surface area contributed by atoms with Gasteiger partial charge >= 0.3 is 0 Å². The van der Waals surface area contributed by atoms with E-state index in [0.717, 1.165) is 54.8 Å². The van der Waals surface area contributed by atoms with Crippen molar-refractivity contribution in [1.82, 2.24) is 10.2 Å². The van der Waals surface area contributed by atoms with E-state index in [-0.39, 0.29) is 23.7 Å². The number of carbonyl (C=O) groups excluding carboxylic acids is 1. The number of carbonyl (C=O) groups is 1. The van der Waals surface area contributed by atoms with Gasteiger partial charge < -0.3 is 10.1 Å². The SMILES string of the molecule is CC[C@H](NC(=O)C1CCN(Cc2ccccc2F)CC1)c1ccc(OC)c(C)c1. The molecular formula is C24H31FN2O2. The summed E-state index contributed by atoms with van der Waals surface area (Å²) in [7, 11) is 1.67. The van der Waals surface area contributed by atoms with Crippen LogP contribution in [0.5, 0.6) is 5.75 Å². The summed E-state index contributed by atoms with van der Waals surface area (Å²) in [6, 6.07) is 13.0. The topological polar surface area (TPSA) is 41.6 Å². The molecule has 2 aromatic carbocycles. The standard InChI is InChI=1S/C24H31FN2O2/c1-4-22(19-9-10-23(29-3)17(2)15-19)26-24(28)18-11-13-27(14-12-18)16-20-7-5-6-8-21(20)25/h5-10,15,18,22H,4,11-14,16H2,1-3H3,(H,26,28)/t22-/m0/s1. The molecule has 156 valence electrons. The van der Waals surface area contributed by atoms with Crippen LogP contribution in [-0.2, 0) is 11.3 Å². The Morgan fingerprint density at radius 3 is 2.59 bits per heavy atom. The van der Waals surface area contributed by atoms with E-state index in [1.54, 1.807) is 13.2 Å². The maximum absolute atomic E-state index is 13.9. The Bertz CT molecular complexity index is 831. The minimum Gasteiger partial charge on any atom is -0.496 e. The summed E-state index contributed by atoms with van der Waals surface area (Å²) >= 11 is 0. The Morgan fingerprint density at radius 1 is 1.24 bits per heavy atom. The number of halogens is 1. The second kappa shape index (κ2) is 9.88. The van der Waals surface area contributed by atoms with Crippen LogP contribution in [0.15, 0.2) is 42.5 Å². The zero-order chi connectivity index (χ0) is 20.8. The van der Waals surface area contributed by atoms with Crippen molar-refractivity contribution in [3.05, 3.63) is 65.0 Å². The van der Waals surface area contributed by atoms with Crippen molar-refractivity contribution in [3.63, 3.8) is 0 Å². The molecule has 0 spiro atoms. The number of hydrogen-bond donors (Lipinski definition) is 1. The predicted molar refractivity (Wildman–Crippen MR) is 113 cm³/mol. The number of methoxy groups -OCH3 is 1. The maximum atomic E-state index is 13.9. The van der Waals surface area contributed by atoms with Crippen LogP contribution in [0.4, 0.5) is 4.39 Å². The van der Waals surface area contributed by atoms with Gasteiger partial charge in [0.05, 0.1) is 13.2 Å². The quantitative estimate of drug-likeness (QED) is 0.740. The van der Waals surface area contributed by atoms with E-state index in [9.17, 15) is 9.18 Å². The molecule has 0 saturated carbocycles. The highest BCUT2D eigenvalue weighted by Gasteiger charge is 2.27. The van der Waals surface area contributed by atoms with Crippen LogP contribution < -0.4 is 10.1 Å². The third kappa shape index (κ3) is 5.36. The number of piperidine rings is 1. The number of nitrogens with zero attached hydrogens (tertiary/aromatic N) is 1. The summed E-state index contributed by atoms with van der Waals surface area (Å²) in [6.07, 6.45) is 2.44. The lowest BCUT2D eigenvalue weighted by atomic mass is 9.94. The van der Waals surface area contributed by atoms with Crippen LogP contribution in [0.1, 0.15) is 48.9 Å². The van der Waals surface area contributed by atoms with E-state index in [1.807, 2.05) is 31.2 Å².